The fourth-order valence-corrected chi connectivity index (χ4v) is 6.00. The maximum Gasteiger partial charge on any atom is 0.305 e. The summed E-state index contributed by atoms with van der Waals surface area (Å²) < 4.78 is 7.17. The van der Waals surface area contributed by atoms with Gasteiger partial charge in [-0.1, -0.05) is 67.6 Å². The monoisotopic (exact) mass is 592 g/mol. The van der Waals surface area contributed by atoms with Gasteiger partial charge in [0.15, 0.2) is 5.78 Å². The molecule has 0 saturated heterocycles. The van der Waals surface area contributed by atoms with Crippen LogP contribution in [0, 0.1) is 0 Å². The average molecular weight is 593 g/mol. The summed E-state index contributed by atoms with van der Waals surface area (Å²) in [4.78, 5) is 25.4. The number of ether oxygens (including phenoxy) is 1. The van der Waals surface area contributed by atoms with E-state index in [1.165, 1.54) is 11.1 Å². The maximum absolute atomic E-state index is 13.6. The van der Waals surface area contributed by atoms with E-state index in [1.54, 1.807) is 0 Å². The number of benzene rings is 3. The van der Waals surface area contributed by atoms with Crippen LogP contribution in [0.3, 0.4) is 0 Å². The molecule has 0 atom stereocenters. The zero-order chi connectivity index (χ0) is 31.1. The molecule has 44 heavy (non-hydrogen) atoms. The number of ketones is 1. The van der Waals surface area contributed by atoms with Gasteiger partial charge in [-0.15, -0.1) is 0 Å². The zero-order valence-corrected chi connectivity index (χ0v) is 26.7. The number of esters is 1. The molecule has 0 unspecified atom stereocenters. The fraction of sp³-hybridized carbons (Fsp3) is 0.385. The van der Waals surface area contributed by atoms with Crippen LogP contribution in [0.4, 0.5) is 5.69 Å². The first kappa shape index (κ1) is 32.8. The maximum atomic E-state index is 13.6. The smallest absolute Gasteiger partial charge is 0.305 e. The molecular formula is C39H48N2O3. The molecule has 0 saturated carbocycles. The summed E-state index contributed by atoms with van der Waals surface area (Å²) in [5.41, 5.74) is 7.36. The Balaban J connectivity index is 1.39. The van der Waals surface area contributed by atoms with Crippen molar-refractivity contribution in [3.8, 4) is 0 Å². The lowest BCUT2D eigenvalue weighted by Crippen LogP contribution is -2.20. The molecule has 1 heterocycles. The number of aryl methyl sites for hydroxylation is 3. The van der Waals surface area contributed by atoms with Gasteiger partial charge in [-0.3, -0.25) is 9.59 Å². The highest BCUT2D eigenvalue weighted by Gasteiger charge is 2.19. The molecule has 0 spiro atoms. The number of carbonyl (C=O) groups excluding carboxylic acids is 2. The first-order valence-corrected chi connectivity index (χ1v) is 16.3. The minimum atomic E-state index is -0.169. The number of rotatable bonds is 18. The molecule has 5 heteroatoms. The molecule has 0 radical (unpaired) electrons. The molecule has 1 aromatic heterocycles. The molecule has 0 aliphatic carbocycles. The normalized spacial score (nSPS) is 11.1. The molecule has 3 aromatic carbocycles. The Kier molecular flexibility index (Phi) is 12.8. The van der Waals surface area contributed by atoms with Crippen LogP contribution in [0.15, 0.2) is 91.0 Å². The number of carbonyl (C=O) groups is 2. The SMILES string of the molecule is CCOC(=O)CCCc1cc(C(=O)c2ccc(NC(CCCc3ccccc3)CCCc3ccccc3)cc2)c(CC)n1C. The number of anilines is 1. The van der Waals surface area contributed by atoms with Gasteiger partial charge < -0.3 is 14.6 Å². The Bertz CT molecular complexity index is 1400. The van der Waals surface area contributed by atoms with Gasteiger partial charge in [0, 0.05) is 47.7 Å². The van der Waals surface area contributed by atoms with Crippen LogP contribution >= 0.6 is 0 Å². The highest BCUT2D eigenvalue weighted by atomic mass is 16.5. The molecule has 0 fully saturated rings. The average Bonchev–Trinajstić information content (AvgIpc) is 3.36. The van der Waals surface area contributed by atoms with E-state index in [4.69, 9.17) is 4.74 Å². The van der Waals surface area contributed by atoms with Crippen molar-refractivity contribution in [1.82, 2.24) is 4.57 Å². The number of aromatic nitrogens is 1. The largest absolute Gasteiger partial charge is 0.466 e. The molecule has 5 nitrogen and oxygen atoms in total. The lowest BCUT2D eigenvalue weighted by molar-refractivity contribution is -0.143. The van der Waals surface area contributed by atoms with Gasteiger partial charge in [-0.25, -0.2) is 0 Å². The van der Waals surface area contributed by atoms with E-state index in [-0.39, 0.29) is 11.8 Å². The third-order valence-electron chi connectivity index (χ3n) is 8.40. The second-order valence-electron chi connectivity index (χ2n) is 11.6. The minimum Gasteiger partial charge on any atom is -0.466 e. The number of nitrogens with zero attached hydrogens (tertiary/aromatic N) is 1. The minimum absolute atomic E-state index is 0.0444. The van der Waals surface area contributed by atoms with Gasteiger partial charge >= 0.3 is 5.97 Å². The van der Waals surface area contributed by atoms with Gasteiger partial charge in [0.2, 0.25) is 0 Å². The van der Waals surface area contributed by atoms with E-state index in [0.717, 1.165) is 74.0 Å². The van der Waals surface area contributed by atoms with Crippen LogP contribution in [-0.2, 0) is 42.3 Å². The first-order valence-electron chi connectivity index (χ1n) is 16.3. The Morgan fingerprint density at radius 1 is 0.773 bits per heavy atom. The molecule has 0 bridgehead atoms. The van der Waals surface area contributed by atoms with Crippen molar-refractivity contribution in [1.29, 1.82) is 0 Å². The van der Waals surface area contributed by atoms with Crippen molar-refractivity contribution in [3.63, 3.8) is 0 Å². The van der Waals surface area contributed by atoms with Crippen molar-refractivity contribution in [2.75, 3.05) is 11.9 Å². The Morgan fingerprint density at radius 2 is 1.36 bits per heavy atom. The highest BCUT2D eigenvalue weighted by Crippen LogP contribution is 2.23. The standard InChI is InChI=1S/C39H48N2O3/c1-4-37-36(29-35(41(37)3)23-14-24-38(42)44-5-2)39(43)32-25-27-34(28-26-32)40-33(21-12-19-30-15-8-6-9-16-30)22-13-20-31-17-10-7-11-18-31/h6-11,15-18,25-29,33,40H,4-5,12-14,19-24H2,1-3H3. The van der Waals surface area contributed by atoms with Crippen LogP contribution in [0.25, 0.3) is 0 Å². The Labute approximate surface area is 263 Å². The van der Waals surface area contributed by atoms with Crippen LogP contribution in [0.5, 0.6) is 0 Å². The van der Waals surface area contributed by atoms with Gasteiger partial charge in [0.25, 0.3) is 0 Å². The van der Waals surface area contributed by atoms with Crippen LogP contribution in [-0.4, -0.2) is 29.0 Å². The van der Waals surface area contributed by atoms with Gasteiger partial charge in [-0.05, 0) is 106 Å². The van der Waals surface area contributed by atoms with E-state index in [9.17, 15) is 9.59 Å². The Hall–Kier alpha value is -4.12. The predicted molar refractivity (Wildman–Crippen MR) is 180 cm³/mol. The van der Waals surface area contributed by atoms with Crippen molar-refractivity contribution < 1.29 is 14.3 Å². The lowest BCUT2D eigenvalue weighted by Gasteiger charge is -2.20. The van der Waals surface area contributed by atoms with Crippen LogP contribution in [0.2, 0.25) is 0 Å². The van der Waals surface area contributed by atoms with Gasteiger partial charge in [0.05, 0.1) is 6.61 Å². The Morgan fingerprint density at radius 3 is 1.91 bits per heavy atom. The zero-order valence-electron chi connectivity index (χ0n) is 26.7. The fourth-order valence-electron chi connectivity index (χ4n) is 6.00. The molecule has 4 aromatic rings. The highest BCUT2D eigenvalue weighted by molar-refractivity contribution is 6.10. The van der Waals surface area contributed by atoms with E-state index in [2.05, 4.69) is 77.5 Å². The van der Waals surface area contributed by atoms with E-state index in [0.29, 0.717) is 31.1 Å². The number of hydrogen-bond acceptors (Lipinski definition) is 4. The molecule has 4 rings (SSSR count). The molecule has 1 N–H and O–H groups in total. The third-order valence-corrected chi connectivity index (χ3v) is 8.40. The van der Waals surface area contributed by atoms with Gasteiger partial charge in [-0.2, -0.15) is 0 Å². The van der Waals surface area contributed by atoms with E-state index < -0.39 is 0 Å². The first-order chi connectivity index (χ1) is 21.5. The summed E-state index contributed by atoms with van der Waals surface area (Å²) in [6.07, 6.45) is 9.17. The van der Waals surface area contributed by atoms with Crippen molar-refractivity contribution in [2.45, 2.75) is 84.1 Å². The molecule has 232 valence electrons. The quantitative estimate of drug-likeness (QED) is 0.0929. The van der Waals surface area contributed by atoms with Crippen molar-refractivity contribution >= 4 is 17.4 Å². The topological polar surface area (TPSA) is 60.3 Å². The summed E-state index contributed by atoms with van der Waals surface area (Å²) in [7, 11) is 2.01. The summed E-state index contributed by atoms with van der Waals surface area (Å²) in [6, 6.07) is 31.8. The van der Waals surface area contributed by atoms with Crippen molar-refractivity contribution in [2.24, 2.45) is 7.05 Å². The van der Waals surface area contributed by atoms with Crippen molar-refractivity contribution in [3.05, 3.63) is 125 Å². The van der Waals surface area contributed by atoms with Crippen LogP contribution < -0.4 is 5.32 Å². The van der Waals surface area contributed by atoms with E-state index in [1.807, 2.05) is 44.3 Å². The molecule has 0 aliphatic heterocycles. The third kappa shape index (κ3) is 9.70. The summed E-state index contributed by atoms with van der Waals surface area (Å²) in [5.74, 6) is -0.125. The molecule has 0 amide bonds. The lowest BCUT2D eigenvalue weighted by atomic mass is 9.98. The summed E-state index contributed by atoms with van der Waals surface area (Å²) in [6.45, 7) is 4.30. The number of nitrogens with one attached hydrogen (secondary N) is 1. The van der Waals surface area contributed by atoms with Crippen LogP contribution in [0.1, 0.15) is 90.8 Å². The summed E-state index contributed by atoms with van der Waals surface area (Å²) >= 11 is 0. The number of hydrogen-bond donors (Lipinski definition) is 1. The second kappa shape index (κ2) is 17.2. The molecular weight excluding hydrogens is 544 g/mol. The molecule has 0 aliphatic rings. The predicted octanol–water partition coefficient (Wildman–Crippen LogP) is 8.53. The summed E-state index contributed by atoms with van der Waals surface area (Å²) in [5, 5.41) is 3.78. The van der Waals surface area contributed by atoms with Gasteiger partial charge in [0.1, 0.15) is 0 Å². The van der Waals surface area contributed by atoms with E-state index >= 15 is 0 Å². The second-order valence-corrected chi connectivity index (χ2v) is 11.6.